The van der Waals surface area contributed by atoms with Gasteiger partial charge in [-0.25, -0.2) is 15.0 Å². The zero-order valence-electron chi connectivity index (χ0n) is 16.2. The van der Waals surface area contributed by atoms with Gasteiger partial charge in [-0.1, -0.05) is 26.7 Å². The van der Waals surface area contributed by atoms with Gasteiger partial charge >= 0.3 is 0 Å². The Morgan fingerprint density at radius 2 is 1.89 bits per heavy atom. The van der Waals surface area contributed by atoms with Gasteiger partial charge in [-0.3, -0.25) is 9.08 Å². The van der Waals surface area contributed by atoms with Crippen LogP contribution in [0.4, 0.5) is 11.8 Å². The van der Waals surface area contributed by atoms with E-state index in [1.165, 1.54) is 0 Å². The van der Waals surface area contributed by atoms with Crippen LogP contribution in [0.3, 0.4) is 0 Å². The second-order valence-corrected chi connectivity index (χ2v) is 6.74. The van der Waals surface area contributed by atoms with Crippen LogP contribution in [0.1, 0.15) is 32.5 Å². The Labute approximate surface area is 162 Å². The van der Waals surface area contributed by atoms with Crippen LogP contribution in [0.15, 0.2) is 36.9 Å². The fourth-order valence-electron chi connectivity index (χ4n) is 3.13. The first kappa shape index (κ1) is 18.0. The van der Waals surface area contributed by atoms with Gasteiger partial charge in [0, 0.05) is 31.8 Å². The van der Waals surface area contributed by atoms with E-state index in [4.69, 9.17) is 0 Å². The van der Waals surface area contributed by atoms with E-state index in [0.717, 1.165) is 42.2 Å². The third-order valence-electron chi connectivity index (χ3n) is 4.98. The summed E-state index contributed by atoms with van der Waals surface area (Å²) >= 11 is 0. The molecule has 1 N–H and O–H groups in total. The van der Waals surface area contributed by atoms with Gasteiger partial charge in [-0.2, -0.15) is 5.10 Å². The maximum Gasteiger partial charge on any atom is 0.228 e. The predicted molar refractivity (Wildman–Crippen MR) is 106 cm³/mol. The van der Waals surface area contributed by atoms with Gasteiger partial charge in [-0.05, 0) is 12.0 Å². The van der Waals surface area contributed by atoms with E-state index in [0.29, 0.717) is 17.6 Å². The smallest absolute Gasteiger partial charge is 0.228 e. The molecule has 0 atom stereocenters. The first-order valence-electron chi connectivity index (χ1n) is 9.46. The molecule has 0 aromatic carbocycles. The summed E-state index contributed by atoms with van der Waals surface area (Å²) in [5.74, 6) is 2.85. The fraction of sp³-hybridized carbons (Fsp3) is 0.368. The number of aromatic nitrogens is 8. The van der Waals surface area contributed by atoms with Gasteiger partial charge in [0.25, 0.3) is 0 Å². The lowest BCUT2D eigenvalue weighted by atomic mass is 9.99. The average molecular weight is 377 g/mol. The van der Waals surface area contributed by atoms with Gasteiger partial charge in [-0.15, -0.1) is 10.2 Å². The first-order chi connectivity index (χ1) is 13.7. The molecule has 9 heteroatoms. The molecule has 0 saturated carbocycles. The highest BCUT2D eigenvalue weighted by molar-refractivity contribution is 5.61. The normalized spacial score (nSPS) is 11.4. The molecule has 0 saturated heterocycles. The van der Waals surface area contributed by atoms with Gasteiger partial charge in [0.1, 0.15) is 18.0 Å². The molecule has 0 aliphatic carbocycles. The van der Waals surface area contributed by atoms with E-state index >= 15 is 0 Å². The maximum absolute atomic E-state index is 4.57. The van der Waals surface area contributed by atoms with Crippen LogP contribution in [0.5, 0.6) is 0 Å². The zero-order valence-corrected chi connectivity index (χ0v) is 16.2. The number of rotatable bonds is 7. The highest BCUT2D eigenvalue weighted by Crippen LogP contribution is 2.20. The Kier molecular flexibility index (Phi) is 4.96. The van der Waals surface area contributed by atoms with Crippen molar-refractivity contribution in [2.45, 2.75) is 33.1 Å². The third kappa shape index (κ3) is 3.55. The molecule has 4 rings (SSSR count). The van der Waals surface area contributed by atoms with Crippen molar-refractivity contribution in [2.75, 3.05) is 5.32 Å². The Morgan fingerprint density at radius 3 is 2.64 bits per heavy atom. The highest BCUT2D eigenvalue weighted by atomic mass is 15.3. The molecular weight excluding hydrogens is 354 g/mol. The summed E-state index contributed by atoms with van der Waals surface area (Å²) in [6.07, 6.45) is 8.36. The fourth-order valence-corrected chi connectivity index (χ4v) is 3.13. The van der Waals surface area contributed by atoms with Crippen LogP contribution in [0.2, 0.25) is 0 Å². The summed E-state index contributed by atoms with van der Waals surface area (Å²) in [5, 5.41) is 16.0. The molecule has 0 unspecified atom stereocenters. The quantitative estimate of drug-likeness (QED) is 0.528. The number of anilines is 2. The Balaban J connectivity index is 1.61. The van der Waals surface area contributed by atoms with E-state index in [2.05, 4.69) is 49.4 Å². The lowest BCUT2D eigenvalue weighted by Crippen LogP contribution is -2.06. The van der Waals surface area contributed by atoms with Crippen LogP contribution in [-0.2, 0) is 13.5 Å². The molecule has 0 aliphatic rings. The van der Waals surface area contributed by atoms with Gasteiger partial charge in [0.05, 0.1) is 17.6 Å². The van der Waals surface area contributed by atoms with E-state index in [1.807, 2.05) is 29.6 Å². The SMILES string of the molecule is CCC(CC)Cc1nnc2cc(-c3ccnc(Nc4ccnn4C)n3)ncn12. The van der Waals surface area contributed by atoms with E-state index in [9.17, 15) is 0 Å². The second-order valence-electron chi connectivity index (χ2n) is 6.74. The van der Waals surface area contributed by atoms with Crippen molar-refractivity contribution in [3.05, 3.63) is 42.7 Å². The van der Waals surface area contributed by atoms with Crippen molar-refractivity contribution in [3.63, 3.8) is 0 Å². The Hall–Kier alpha value is -3.36. The number of fused-ring (bicyclic) bond motifs is 1. The standard InChI is InChI=1S/C19H23N9/c1-4-13(5-2)10-17-25-26-18-11-15(21-12-28(17)18)14-6-8-20-19(23-14)24-16-7-9-22-27(16)3/h6-9,11-13H,4-5,10H2,1-3H3,(H,20,23,24). The van der Waals surface area contributed by atoms with Crippen LogP contribution in [0.25, 0.3) is 17.0 Å². The minimum absolute atomic E-state index is 0.485. The highest BCUT2D eigenvalue weighted by Gasteiger charge is 2.13. The van der Waals surface area contributed by atoms with Crippen LogP contribution >= 0.6 is 0 Å². The zero-order chi connectivity index (χ0) is 19.5. The molecule has 4 heterocycles. The summed E-state index contributed by atoms with van der Waals surface area (Å²) in [5.41, 5.74) is 2.21. The molecule has 9 nitrogen and oxygen atoms in total. The summed E-state index contributed by atoms with van der Waals surface area (Å²) in [7, 11) is 1.85. The molecule has 0 amide bonds. The van der Waals surface area contributed by atoms with Crippen LogP contribution in [-0.4, -0.2) is 39.3 Å². The molecule has 0 fully saturated rings. The van der Waals surface area contributed by atoms with E-state index in [-0.39, 0.29) is 0 Å². The van der Waals surface area contributed by atoms with E-state index in [1.54, 1.807) is 23.4 Å². The van der Waals surface area contributed by atoms with Crippen LogP contribution in [0, 0.1) is 5.92 Å². The molecule has 0 radical (unpaired) electrons. The molecule has 0 bridgehead atoms. The largest absolute Gasteiger partial charge is 0.309 e. The van der Waals surface area contributed by atoms with Crippen molar-refractivity contribution < 1.29 is 0 Å². The van der Waals surface area contributed by atoms with Crippen molar-refractivity contribution in [1.82, 2.24) is 39.3 Å². The number of hydrogen-bond donors (Lipinski definition) is 1. The number of aryl methyl sites for hydroxylation is 1. The third-order valence-corrected chi connectivity index (χ3v) is 4.98. The molecular formula is C19H23N9. The molecule has 144 valence electrons. The molecule has 28 heavy (non-hydrogen) atoms. The minimum Gasteiger partial charge on any atom is -0.309 e. The predicted octanol–water partition coefficient (Wildman–Crippen LogP) is 3.04. The maximum atomic E-state index is 4.57. The molecule has 0 aliphatic heterocycles. The first-order valence-corrected chi connectivity index (χ1v) is 9.46. The lowest BCUT2D eigenvalue weighted by Gasteiger charge is -2.10. The monoisotopic (exact) mass is 377 g/mol. The minimum atomic E-state index is 0.485. The number of nitrogens with one attached hydrogen (secondary N) is 1. The topological polar surface area (TPSA) is 98.7 Å². The van der Waals surface area contributed by atoms with Crippen molar-refractivity contribution in [2.24, 2.45) is 13.0 Å². The van der Waals surface area contributed by atoms with Crippen molar-refractivity contribution in [3.8, 4) is 11.4 Å². The summed E-state index contributed by atoms with van der Waals surface area (Å²) in [4.78, 5) is 13.4. The summed E-state index contributed by atoms with van der Waals surface area (Å²) in [6.45, 7) is 4.42. The summed E-state index contributed by atoms with van der Waals surface area (Å²) < 4.78 is 3.68. The van der Waals surface area contributed by atoms with Gasteiger partial charge < -0.3 is 5.32 Å². The molecule has 4 aromatic heterocycles. The Bertz CT molecular complexity index is 1080. The lowest BCUT2D eigenvalue weighted by molar-refractivity contribution is 0.476. The molecule has 4 aromatic rings. The average Bonchev–Trinajstić information content (AvgIpc) is 3.32. The van der Waals surface area contributed by atoms with Crippen LogP contribution < -0.4 is 5.32 Å². The number of hydrogen-bond acceptors (Lipinski definition) is 7. The van der Waals surface area contributed by atoms with E-state index < -0.39 is 0 Å². The Morgan fingerprint density at radius 1 is 1.04 bits per heavy atom. The van der Waals surface area contributed by atoms with Crippen molar-refractivity contribution in [1.29, 1.82) is 0 Å². The number of nitrogens with zero attached hydrogens (tertiary/aromatic N) is 8. The molecule has 0 spiro atoms. The van der Waals surface area contributed by atoms with Crippen molar-refractivity contribution >= 4 is 17.4 Å². The van der Waals surface area contributed by atoms with Gasteiger partial charge in [0.15, 0.2) is 5.65 Å². The summed E-state index contributed by atoms with van der Waals surface area (Å²) in [6, 6.07) is 5.59. The second kappa shape index (κ2) is 7.71. The van der Waals surface area contributed by atoms with Gasteiger partial charge in [0.2, 0.25) is 5.95 Å².